The number of carbonyl (C=O) groups excluding carboxylic acids is 1. The molecular formula is C28H37N7O2. The molecule has 1 aliphatic rings. The maximum atomic E-state index is 12.8. The first-order valence-corrected chi connectivity index (χ1v) is 12.2. The van der Waals surface area contributed by atoms with Gasteiger partial charge in [0, 0.05) is 51.4 Å². The van der Waals surface area contributed by atoms with E-state index in [0.717, 1.165) is 24.2 Å². The molecule has 1 atom stereocenters. The van der Waals surface area contributed by atoms with E-state index in [9.17, 15) is 4.79 Å². The van der Waals surface area contributed by atoms with Crippen molar-refractivity contribution >= 4 is 28.9 Å². The molecule has 0 radical (unpaired) electrons. The Bertz CT molecular complexity index is 1230. The number of allylic oxidation sites excluding steroid dienone is 1. The van der Waals surface area contributed by atoms with E-state index in [-0.39, 0.29) is 12.0 Å². The van der Waals surface area contributed by atoms with Crippen LogP contribution in [0.4, 0.5) is 5.69 Å². The first-order chi connectivity index (χ1) is 17.6. The summed E-state index contributed by atoms with van der Waals surface area (Å²) < 4.78 is 6.59. The van der Waals surface area contributed by atoms with Crippen LogP contribution >= 0.6 is 0 Å². The number of rotatable bonds is 9. The second-order valence-electron chi connectivity index (χ2n) is 9.32. The number of nitrogens with one attached hydrogen (secondary N) is 3. The SMILES string of the molecule is CNCCC(Oc1cc(C(=O)N(C)C)ccc1N/C(C)=C1\C(=N)C(N(C)C)=NN=C1C)c1ccccc1. The first kappa shape index (κ1) is 27.6. The molecule has 0 bridgehead atoms. The van der Waals surface area contributed by atoms with Gasteiger partial charge in [-0.2, -0.15) is 5.10 Å². The van der Waals surface area contributed by atoms with Gasteiger partial charge in [0.2, 0.25) is 0 Å². The van der Waals surface area contributed by atoms with Crippen LogP contribution in [0.25, 0.3) is 0 Å². The van der Waals surface area contributed by atoms with Crippen LogP contribution in [0.3, 0.4) is 0 Å². The third-order valence-corrected chi connectivity index (χ3v) is 5.98. The number of amides is 1. The zero-order valence-corrected chi connectivity index (χ0v) is 22.7. The highest BCUT2D eigenvalue weighted by Crippen LogP contribution is 2.34. The van der Waals surface area contributed by atoms with Gasteiger partial charge in [-0.3, -0.25) is 10.2 Å². The number of carbonyl (C=O) groups is 1. The van der Waals surface area contributed by atoms with Gasteiger partial charge in [0.25, 0.3) is 5.91 Å². The van der Waals surface area contributed by atoms with Crippen molar-refractivity contribution in [2.45, 2.75) is 26.4 Å². The standard InChI is InChI=1S/C28H37N7O2/c1-18(25-19(2)32-33-27(26(25)29)34(4)5)31-22-14-13-21(28(36)35(6)7)17-24(22)37-23(15-16-30-3)20-11-9-8-10-12-20/h8-14,17,23,29-31H,15-16H2,1-7H3/b25-18-,29-26?. The largest absolute Gasteiger partial charge is 0.483 e. The van der Waals surface area contributed by atoms with Gasteiger partial charge in [-0.05, 0) is 51.2 Å². The van der Waals surface area contributed by atoms with Crippen molar-refractivity contribution < 1.29 is 9.53 Å². The van der Waals surface area contributed by atoms with E-state index in [1.807, 2.05) is 71.4 Å². The smallest absolute Gasteiger partial charge is 0.253 e. The number of hydrogen-bond acceptors (Lipinski definition) is 8. The van der Waals surface area contributed by atoms with Crippen LogP contribution in [0.15, 0.2) is 70.0 Å². The molecule has 1 heterocycles. The number of hydrogen-bond donors (Lipinski definition) is 3. The Hall–Kier alpha value is -3.98. The van der Waals surface area contributed by atoms with E-state index in [2.05, 4.69) is 20.8 Å². The monoisotopic (exact) mass is 503 g/mol. The molecule has 1 aliphatic heterocycles. The third kappa shape index (κ3) is 6.62. The number of anilines is 1. The van der Waals surface area contributed by atoms with Gasteiger partial charge in [0.1, 0.15) is 17.6 Å². The molecule has 0 saturated carbocycles. The summed E-state index contributed by atoms with van der Waals surface area (Å²) in [4.78, 5) is 16.1. The highest BCUT2D eigenvalue weighted by molar-refractivity contribution is 6.53. The summed E-state index contributed by atoms with van der Waals surface area (Å²) in [5.74, 6) is 0.930. The van der Waals surface area contributed by atoms with Crippen molar-refractivity contribution in [3.05, 3.63) is 70.9 Å². The molecule has 37 heavy (non-hydrogen) atoms. The van der Waals surface area contributed by atoms with Crippen molar-refractivity contribution in [2.24, 2.45) is 10.2 Å². The summed E-state index contributed by atoms with van der Waals surface area (Å²) in [6.45, 7) is 4.51. The molecule has 2 aromatic rings. The predicted octanol–water partition coefficient (Wildman–Crippen LogP) is 4.17. The summed E-state index contributed by atoms with van der Waals surface area (Å²) in [6, 6.07) is 15.4. The lowest BCUT2D eigenvalue weighted by molar-refractivity contribution is 0.0826. The number of nitrogens with zero attached hydrogens (tertiary/aromatic N) is 4. The minimum atomic E-state index is -0.226. The highest BCUT2D eigenvalue weighted by Gasteiger charge is 2.24. The Kier molecular flexibility index (Phi) is 9.19. The zero-order valence-electron chi connectivity index (χ0n) is 22.7. The van der Waals surface area contributed by atoms with Crippen LogP contribution in [-0.2, 0) is 0 Å². The molecule has 9 heteroatoms. The average Bonchev–Trinajstić information content (AvgIpc) is 2.87. The summed E-state index contributed by atoms with van der Waals surface area (Å²) >= 11 is 0. The number of amidine groups is 1. The summed E-state index contributed by atoms with van der Waals surface area (Å²) in [5, 5.41) is 23.8. The van der Waals surface area contributed by atoms with E-state index < -0.39 is 0 Å². The molecule has 0 fully saturated rings. The fourth-order valence-corrected chi connectivity index (χ4v) is 4.06. The maximum absolute atomic E-state index is 12.8. The van der Waals surface area contributed by atoms with E-state index in [1.165, 1.54) is 0 Å². The lowest BCUT2D eigenvalue weighted by Gasteiger charge is -2.25. The van der Waals surface area contributed by atoms with E-state index in [0.29, 0.717) is 39.8 Å². The topological polar surface area (TPSA) is 105 Å². The van der Waals surface area contributed by atoms with Crippen LogP contribution in [0.2, 0.25) is 0 Å². The molecule has 0 aliphatic carbocycles. The van der Waals surface area contributed by atoms with Crippen LogP contribution in [0, 0.1) is 5.41 Å². The van der Waals surface area contributed by atoms with Crippen molar-refractivity contribution in [3.8, 4) is 5.75 Å². The molecule has 1 unspecified atom stereocenters. The summed E-state index contributed by atoms with van der Waals surface area (Å²) in [7, 11) is 9.04. The number of ether oxygens (including phenoxy) is 1. The third-order valence-electron chi connectivity index (χ3n) is 5.98. The molecule has 2 aromatic carbocycles. The molecule has 9 nitrogen and oxygen atoms in total. The van der Waals surface area contributed by atoms with Crippen molar-refractivity contribution in [1.82, 2.24) is 15.1 Å². The summed E-state index contributed by atoms with van der Waals surface area (Å²) in [6.07, 6.45) is 0.515. The predicted molar refractivity (Wildman–Crippen MR) is 151 cm³/mol. The van der Waals surface area contributed by atoms with Gasteiger partial charge in [0.05, 0.1) is 11.4 Å². The first-order valence-electron chi connectivity index (χ1n) is 12.2. The van der Waals surface area contributed by atoms with Gasteiger partial charge >= 0.3 is 0 Å². The van der Waals surface area contributed by atoms with Crippen LogP contribution < -0.4 is 15.4 Å². The van der Waals surface area contributed by atoms with Gasteiger partial charge in [-0.25, -0.2) is 0 Å². The van der Waals surface area contributed by atoms with Crippen LogP contribution in [-0.4, -0.2) is 74.7 Å². The Labute approximate surface area is 219 Å². The number of benzene rings is 2. The van der Waals surface area contributed by atoms with Crippen molar-refractivity contribution in [3.63, 3.8) is 0 Å². The van der Waals surface area contributed by atoms with Gasteiger partial charge in [-0.1, -0.05) is 30.3 Å². The van der Waals surface area contributed by atoms with Gasteiger partial charge < -0.3 is 25.2 Å². The zero-order chi connectivity index (χ0) is 27.1. The molecule has 0 spiro atoms. The van der Waals surface area contributed by atoms with Crippen molar-refractivity contribution in [1.29, 1.82) is 5.41 Å². The quantitative estimate of drug-likeness (QED) is 0.476. The van der Waals surface area contributed by atoms with Crippen molar-refractivity contribution in [2.75, 3.05) is 47.1 Å². The Morgan fingerprint density at radius 1 is 1.08 bits per heavy atom. The van der Waals surface area contributed by atoms with Crippen LogP contribution in [0.1, 0.15) is 42.3 Å². The second-order valence-corrected chi connectivity index (χ2v) is 9.32. The maximum Gasteiger partial charge on any atom is 0.253 e. The fourth-order valence-electron chi connectivity index (χ4n) is 4.06. The Morgan fingerprint density at radius 3 is 2.41 bits per heavy atom. The summed E-state index contributed by atoms with van der Waals surface area (Å²) in [5.41, 5.74) is 4.63. The van der Waals surface area contributed by atoms with Crippen LogP contribution in [0.5, 0.6) is 5.75 Å². The Balaban J connectivity index is 2.04. The van der Waals surface area contributed by atoms with Gasteiger partial charge in [0.15, 0.2) is 5.84 Å². The lowest BCUT2D eigenvalue weighted by Crippen LogP contribution is -2.35. The molecule has 3 rings (SSSR count). The lowest BCUT2D eigenvalue weighted by atomic mass is 10.0. The van der Waals surface area contributed by atoms with Gasteiger partial charge in [-0.15, -0.1) is 5.10 Å². The Morgan fingerprint density at radius 2 is 1.78 bits per heavy atom. The average molecular weight is 504 g/mol. The minimum Gasteiger partial charge on any atom is -0.483 e. The van der Waals surface area contributed by atoms with E-state index >= 15 is 0 Å². The molecular weight excluding hydrogens is 466 g/mol. The normalized spacial score (nSPS) is 15.4. The fraction of sp³-hybridized carbons (Fsp3) is 0.357. The molecule has 0 saturated heterocycles. The molecule has 1 amide bonds. The molecule has 0 aromatic heterocycles. The van der Waals surface area contributed by atoms with E-state index in [4.69, 9.17) is 10.1 Å². The highest BCUT2D eigenvalue weighted by atomic mass is 16.5. The second kappa shape index (κ2) is 12.3. The molecule has 196 valence electrons. The van der Waals surface area contributed by atoms with E-state index in [1.54, 1.807) is 36.0 Å². The molecule has 3 N–H and O–H groups in total. The minimum absolute atomic E-state index is 0.109.